The minimum Gasteiger partial charge on any atom is -0.346 e. The van der Waals surface area contributed by atoms with E-state index in [1.165, 1.54) is 11.3 Å². The Morgan fingerprint density at radius 1 is 1.26 bits per heavy atom. The molecule has 2 aromatic rings. The topological polar surface area (TPSA) is 46.4 Å². The van der Waals surface area contributed by atoms with Crippen molar-refractivity contribution in [3.05, 3.63) is 58.4 Å². The van der Waals surface area contributed by atoms with Crippen LogP contribution in [0.1, 0.15) is 59.7 Å². The smallest absolute Gasteiger partial charge is 0.271 e. The van der Waals surface area contributed by atoms with Gasteiger partial charge in [0.25, 0.3) is 5.91 Å². The number of aromatic nitrogens is 1. The summed E-state index contributed by atoms with van der Waals surface area (Å²) >= 11 is 0. The largest absolute Gasteiger partial charge is 0.346 e. The number of hydrogen-bond donors (Lipinski definition) is 1. The number of carbonyl (C=O) groups is 1. The van der Waals surface area contributed by atoms with E-state index in [4.69, 9.17) is 0 Å². The molecule has 2 rings (SSSR count). The highest BCUT2D eigenvalue weighted by Crippen LogP contribution is 2.18. The minimum absolute atomic E-state index is 0.193. The van der Waals surface area contributed by atoms with Gasteiger partial charge in [-0.25, -0.2) is 5.43 Å². The summed E-state index contributed by atoms with van der Waals surface area (Å²) in [4.78, 5) is 12.1. The summed E-state index contributed by atoms with van der Waals surface area (Å²) in [6.45, 7) is 10.6. The Labute approximate surface area is 138 Å². The lowest BCUT2D eigenvalue weighted by atomic mass is 10.1. The average molecular weight is 311 g/mol. The Balaban J connectivity index is 2.06. The van der Waals surface area contributed by atoms with Crippen LogP contribution in [0.15, 0.2) is 35.4 Å². The van der Waals surface area contributed by atoms with Crippen LogP contribution in [0.4, 0.5) is 0 Å². The third-order valence-corrected chi connectivity index (χ3v) is 4.03. The molecule has 122 valence electrons. The molecule has 1 N–H and O–H groups in total. The summed E-state index contributed by atoms with van der Waals surface area (Å²) in [5.41, 5.74) is 7.80. The van der Waals surface area contributed by atoms with Crippen molar-refractivity contribution in [3.63, 3.8) is 0 Å². The fourth-order valence-electron chi connectivity index (χ4n) is 2.84. The molecule has 4 heteroatoms. The van der Waals surface area contributed by atoms with Gasteiger partial charge in [-0.15, -0.1) is 0 Å². The van der Waals surface area contributed by atoms with Crippen LogP contribution in [0.2, 0.25) is 0 Å². The molecule has 0 unspecified atom stereocenters. The highest BCUT2D eigenvalue weighted by molar-refractivity contribution is 5.95. The Morgan fingerprint density at radius 2 is 1.91 bits per heavy atom. The maximum atomic E-state index is 12.1. The zero-order valence-electron chi connectivity index (χ0n) is 14.6. The summed E-state index contributed by atoms with van der Waals surface area (Å²) in [6.07, 6.45) is 2.67. The lowest BCUT2D eigenvalue weighted by Crippen LogP contribution is -2.17. The van der Waals surface area contributed by atoms with Crippen molar-refractivity contribution in [1.29, 1.82) is 0 Å². The van der Waals surface area contributed by atoms with Crippen molar-refractivity contribution < 1.29 is 4.79 Å². The fourth-order valence-corrected chi connectivity index (χ4v) is 2.84. The molecule has 0 aliphatic heterocycles. The van der Waals surface area contributed by atoms with Gasteiger partial charge in [-0.1, -0.05) is 19.1 Å². The third-order valence-electron chi connectivity index (χ3n) is 4.03. The van der Waals surface area contributed by atoms with Crippen LogP contribution in [-0.2, 0) is 6.42 Å². The summed E-state index contributed by atoms with van der Waals surface area (Å²) in [5.74, 6) is -0.193. The molecule has 1 amide bonds. The first-order valence-corrected chi connectivity index (χ1v) is 8.04. The molecule has 1 aromatic carbocycles. The van der Waals surface area contributed by atoms with E-state index in [9.17, 15) is 4.79 Å². The highest BCUT2D eigenvalue weighted by atomic mass is 16.2. The number of nitrogens with one attached hydrogen (secondary N) is 1. The van der Waals surface area contributed by atoms with E-state index in [-0.39, 0.29) is 5.91 Å². The molecule has 23 heavy (non-hydrogen) atoms. The average Bonchev–Trinajstić information content (AvgIpc) is 2.81. The van der Waals surface area contributed by atoms with E-state index in [2.05, 4.69) is 55.8 Å². The molecule has 0 aliphatic carbocycles. The van der Waals surface area contributed by atoms with Crippen molar-refractivity contribution in [3.8, 4) is 0 Å². The Kier molecular flexibility index (Phi) is 5.37. The molecule has 0 atom stereocenters. The molecule has 0 spiro atoms. The van der Waals surface area contributed by atoms with Crippen molar-refractivity contribution >= 4 is 12.1 Å². The molecule has 0 fully saturated rings. The van der Waals surface area contributed by atoms with Crippen molar-refractivity contribution in [2.75, 3.05) is 0 Å². The summed E-state index contributed by atoms with van der Waals surface area (Å²) in [5, 5.41) is 4.10. The Morgan fingerprint density at radius 3 is 2.43 bits per heavy atom. The Bertz CT molecular complexity index is 709. The second kappa shape index (κ2) is 7.27. The monoisotopic (exact) mass is 311 g/mol. The van der Waals surface area contributed by atoms with Crippen LogP contribution >= 0.6 is 0 Å². The number of hydrogen-bond acceptors (Lipinski definition) is 2. The first kappa shape index (κ1) is 17.0. The number of carbonyl (C=O) groups excluding carboxylic acids is 1. The predicted octanol–water partition coefficient (Wildman–Crippen LogP) is 4.01. The summed E-state index contributed by atoms with van der Waals surface area (Å²) < 4.78 is 2.26. The van der Waals surface area contributed by atoms with Gasteiger partial charge < -0.3 is 4.57 Å². The number of amides is 1. The van der Waals surface area contributed by atoms with E-state index in [1.807, 2.05) is 24.3 Å². The van der Waals surface area contributed by atoms with Crippen LogP contribution in [0.3, 0.4) is 0 Å². The van der Waals surface area contributed by atoms with E-state index in [1.54, 1.807) is 6.21 Å². The molecule has 0 aliphatic rings. The van der Waals surface area contributed by atoms with Crippen molar-refractivity contribution in [2.24, 2.45) is 5.10 Å². The SMILES string of the molecule is CCc1ccc(C(=O)N/N=C\c2cc(C)n(C(C)C)c2C)cc1. The lowest BCUT2D eigenvalue weighted by Gasteiger charge is -2.13. The summed E-state index contributed by atoms with van der Waals surface area (Å²) in [7, 11) is 0. The number of rotatable bonds is 5. The van der Waals surface area contributed by atoms with Gasteiger partial charge in [-0.2, -0.15) is 5.10 Å². The maximum absolute atomic E-state index is 12.1. The molecular weight excluding hydrogens is 286 g/mol. The van der Waals surface area contributed by atoms with E-state index in [0.29, 0.717) is 11.6 Å². The molecule has 0 saturated heterocycles. The van der Waals surface area contributed by atoms with Crippen molar-refractivity contribution in [1.82, 2.24) is 9.99 Å². The molecule has 0 bridgehead atoms. The van der Waals surface area contributed by atoms with E-state index in [0.717, 1.165) is 17.7 Å². The molecule has 1 aromatic heterocycles. The number of nitrogens with zero attached hydrogens (tertiary/aromatic N) is 2. The van der Waals surface area contributed by atoms with Gasteiger partial charge in [-0.05, 0) is 57.9 Å². The number of aryl methyl sites for hydroxylation is 2. The quantitative estimate of drug-likeness (QED) is 0.658. The maximum Gasteiger partial charge on any atom is 0.271 e. The molecular formula is C19H25N3O. The van der Waals surface area contributed by atoms with Gasteiger partial charge >= 0.3 is 0 Å². The normalized spacial score (nSPS) is 11.4. The Hall–Kier alpha value is -2.36. The highest BCUT2D eigenvalue weighted by Gasteiger charge is 2.10. The molecule has 0 saturated carbocycles. The molecule has 1 heterocycles. The van der Waals surface area contributed by atoms with Gasteiger partial charge in [0.05, 0.1) is 6.21 Å². The molecule has 0 radical (unpaired) electrons. The first-order valence-electron chi connectivity index (χ1n) is 8.04. The van der Waals surface area contributed by atoms with Crippen LogP contribution in [0.25, 0.3) is 0 Å². The van der Waals surface area contributed by atoms with Crippen LogP contribution in [-0.4, -0.2) is 16.7 Å². The first-order chi connectivity index (χ1) is 10.9. The van der Waals surface area contributed by atoms with Gasteiger partial charge in [0.2, 0.25) is 0 Å². The van der Waals surface area contributed by atoms with Crippen LogP contribution in [0.5, 0.6) is 0 Å². The van der Waals surface area contributed by atoms with Gasteiger partial charge in [0, 0.05) is 28.6 Å². The minimum atomic E-state index is -0.193. The van der Waals surface area contributed by atoms with E-state index >= 15 is 0 Å². The van der Waals surface area contributed by atoms with Crippen LogP contribution < -0.4 is 5.43 Å². The van der Waals surface area contributed by atoms with Crippen LogP contribution in [0, 0.1) is 13.8 Å². The molecule has 4 nitrogen and oxygen atoms in total. The van der Waals surface area contributed by atoms with Gasteiger partial charge in [0.15, 0.2) is 0 Å². The zero-order valence-corrected chi connectivity index (χ0v) is 14.6. The van der Waals surface area contributed by atoms with E-state index < -0.39 is 0 Å². The van der Waals surface area contributed by atoms with Crippen molar-refractivity contribution in [2.45, 2.75) is 47.1 Å². The second-order valence-corrected chi connectivity index (χ2v) is 6.04. The zero-order chi connectivity index (χ0) is 17.0. The standard InChI is InChI=1S/C19H25N3O/c1-6-16-7-9-17(10-8-16)19(23)21-20-12-18-11-14(4)22(13(2)3)15(18)5/h7-13H,6H2,1-5H3,(H,21,23)/b20-12-. The number of hydrazone groups is 1. The number of benzene rings is 1. The fraction of sp³-hybridized carbons (Fsp3) is 0.368. The van der Waals surface area contributed by atoms with Gasteiger partial charge in [-0.3, -0.25) is 4.79 Å². The predicted molar refractivity (Wildman–Crippen MR) is 95.2 cm³/mol. The lowest BCUT2D eigenvalue weighted by molar-refractivity contribution is 0.0955. The van der Waals surface area contributed by atoms with Gasteiger partial charge in [0.1, 0.15) is 0 Å². The third kappa shape index (κ3) is 3.89. The second-order valence-electron chi connectivity index (χ2n) is 6.04. The summed E-state index contributed by atoms with van der Waals surface area (Å²) in [6, 6.07) is 10.1.